The zero-order chi connectivity index (χ0) is 23.8. The number of methoxy groups -OCH3 is 3. The van der Waals surface area contributed by atoms with Crippen LogP contribution in [-0.2, 0) is 10.2 Å². The molecule has 2 N–H and O–H groups in total. The average Bonchev–Trinajstić information content (AvgIpc) is 2.85. The Morgan fingerprint density at radius 1 is 0.909 bits per heavy atom. The Kier molecular flexibility index (Phi) is 8.14. The second kappa shape index (κ2) is 11.0. The van der Waals surface area contributed by atoms with Crippen LogP contribution >= 0.6 is 0 Å². The van der Waals surface area contributed by atoms with E-state index in [4.69, 9.17) is 14.2 Å². The van der Waals surface area contributed by atoms with Gasteiger partial charge in [-0.3, -0.25) is 9.59 Å². The van der Waals surface area contributed by atoms with Crippen LogP contribution in [0.25, 0.3) is 0 Å². The minimum Gasteiger partial charge on any atom is -0.493 e. The molecule has 33 heavy (non-hydrogen) atoms. The third-order valence-corrected chi connectivity index (χ3v) is 6.23. The van der Waals surface area contributed by atoms with Gasteiger partial charge in [-0.05, 0) is 42.7 Å². The zero-order valence-corrected chi connectivity index (χ0v) is 19.3. The van der Waals surface area contributed by atoms with Crippen LogP contribution in [0.5, 0.6) is 17.2 Å². The fraction of sp³-hybridized carbons (Fsp3) is 0.440. The first-order valence-corrected chi connectivity index (χ1v) is 11.0. The van der Waals surface area contributed by atoms with E-state index in [-0.39, 0.29) is 29.2 Å². The predicted octanol–water partition coefficient (Wildman–Crippen LogP) is 3.60. The molecular formula is C25H31FN2O5. The van der Waals surface area contributed by atoms with Gasteiger partial charge in [0.15, 0.2) is 11.5 Å². The summed E-state index contributed by atoms with van der Waals surface area (Å²) in [5.41, 5.74) is 1.10. The van der Waals surface area contributed by atoms with Crippen LogP contribution in [0.1, 0.15) is 48.0 Å². The Morgan fingerprint density at radius 2 is 1.52 bits per heavy atom. The number of amides is 2. The Hall–Kier alpha value is -3.29. The van der Waals surface area contributed by atoms with E-state index in [1.807, 2.05) is 0 Å². The summed E-state index contributed by atoms with van der Waals surface area (Å²) in [6, 6.07) is 9.59. The summed E-state index contributed by atoms with van der Waals surface area (Å²) in [4.78, 5) is 25.2. The van der Waals surface area contributed by atoms with Crippen molar-refractivity contribution in [3.63, 3.8) is 0 Å². The predicted molar refractivity (Wildman–Crippen MR) is 123 cm³/mol. The number of nitrogens with one attached hydrogen (secondary N) is 2. The molecule has 2 aromatic carbocycles. The molecule has 2 aromatic rings. The third-order valence-electron chi connectivity index (χ3n) is 6.23. The van der Waals surface area contributed by atoms with Gasteiger partial charge in [-0.1, -0.05) is 31.4 Å². The van der Waals surface area contributed by atoms with E-state index in [9.17, 15) is 14.0 Å². The van der Waals surface area contributed by atoms with E-state index >= 15 is 0 Å². The molecule has 0 spiro atoms. The number of carbonyl (C=O) groups is 2. The number of carbonyl (C=O) groups excluding carboxylic acids is 2. The smallest absolute Gasteiger partial charge is 0.251 e. The molecule has 1 aliphatic carbocycles. The van der Waals surface area contributed by atoms with E-state index in [1.165, 1.54) is 45.6 Å². The molecule has 7 nitrogen and oxygen atoms in total. The van der Waals surface area contributed by atoms with E-state index in [2.05, 4.69) is 10.6 Å². The lowest BCUT2D eigenvalue weighted by molar-refractivity contribution is -0.120. The summed E-state index contributed by atoms with van der Waals surface area (Å²) in [6.07, 6.45) is 5.13. The zero-order valence-electron chi connectivity index (χ0n) is 19.3. The normalized spacial score (nSPS) is 14.8. The largest absolute Gasteiger partial charge is 0.493 e. The minimum atomic E-state index is -0.435. The van der Waals surface area contributed by atoms with Gasteiger partial charge in [-0.25, -0.2) is 4.39 Å². The number of halogens is 1. The van der Waals surface area contributed by atoms with E-state index in [0.717, 1.165) is 37.7 Å². The summed E-state index contributed by atoms with van der Waals surface area (Å²) in [7, 11) is 4.42. The molecule has 0 aliphatic heterocycles. The summed E-state index contributed by atoms with van der Waals surface area (Å²) in [5.74, 6) is 0.0873. The van der Waals surface area contributed by atoms with Gasteiger partial charge in [0.1, 0.15) is 5.82 Å². The van der Waals surface area contributed by atoms with Crippen LogP contribution in [0.2, 0.25) is 0 Å². The van der Waals surface area contributed by atoms with Gasteiger partial charge < -0.3 is 24.8 Å². The third kappa shape index (κ3) is 5.74. The number of ether oxygens (including phenoxy) is 3. The van der Waals surface area contributed by atoms with Crippen molar-refractivity contribution >= 4 is 11.8 Å². The molecular weight excluding hydrogens is 427 g/mol. The lowest BCUT2D eigenvalue weighted by Crippen LogP contribution is -2.45. The minimum absolute atomic E-state index is 0.172. The monoisotopic (exact) mass is 458 g/mol. The summed E-state index contributed by atoms with van der Waals surface area (Å²) >= 11 is 0. The highest BCUT2D eigenvalue weighted by Crippen LogP contribution is 2.39. The van der Waals surface area contributed by atoms with Gasteiger partial charge >= 0.3 is 0 Å². The van der Waals surface area contributed by atoms with Crippen LogP contribution in [-0.4, -0.2) is 46.2 Å². The molecule has 0 aromatic heterocycles. The van der Waals surface area contributed by atoms with E-state index < -0.39 is 5.91 Å². The number of benzene rings is 2. The van der Waals surface area contributed by atoms with Crippen molar-refractivity contribution in [3.05, 3.63) is 53.3 Å². The SMILES string of the molecule is COc1cc(C(=O)NCC(=O)NCC2(c3ccc(F)cc3)CCCCC2)cc(OC)c1OC. The summed E-state index contributed by atoms with van der Waals surface area (Å²) in [6.45, 7) is 0.270. The Balaban J connectivity index is 1.62. The van der Waals surface area contributed by atoms with Crippen molar-refractivity contribution in [3.8, 4) is 17.2 Å². The van der Waals surface area contributed by atoms with Gasteiger partial charge in [0.05, 0.1) is 27.9 Å². The van der Waals surface area contributed by atoms with Crippen LogP contribution in [0.15, 0.2) is 36.4 Å². The molecule has 0 saturated heterocycles. The van der Waals surface area contributed by atoms with Gasteiger partial charge in [-0.2, -0.15) is 0 Å². The standard InChI is InChI=1S/C25H31FN2O5/c1-31-20-13-17(14-21(32-2)23(20)33-3)24(30)27-15-22(29)28-16-25(11-5-4-6-12-25)18-7-9-19(26)10-8-18/h7-10,13-14H,4-6,11-12,15-16H2,1-3H3,(H,27,30)(H,28,29). The molecule has 0 unspecified atom stereocenters. The second-order valence-corrected chi connectivity index (χ2v) is 8.22. The van der Waals surface area contributed by atoms with Gasteiger partial charge in [0.2, 0.25) is 11.7 Å². The molecule has 0 heterocycles. The molecule has 1 saturated carbocycles. The Bertz CT molecular complexity index is 946. The maximum absolute atomic E-state index is 13.4. The van der Waals surface area contributed by atoms with Crippen LogP contribution in [0.4, 0.5) is 4.39 Å². The fourth-order valence-corrected chi connectivity index (χ4v) is 4.40. The van der Waals surface area contributed by atoms with Crippen molar-refractivity contribution in [2.45, 2.75) is 37.5 Å². The summed E-state index contributed by atoms with van der Waals surface area (Å²) in [5, 5.41) is 5.59. The van der Waals surface area contributed by atoms with Gasteiger partial charge in [0.25, 0.3) is 5.91 Å². The molecule has 1 aliphatic rings. The average molecular weight is 459 g/mol. The maximum atomic E-state index is 13.4. The van der Waals surface area contributed by atoms with Crippen molar-refractivity contribution in [1.82, 2.24) is 10.6 Å². The van der Waals surface area contributed by atoms with Crippen molar-refractivity contribution < 1.29 is 28.2 Å². The molecule has 1 fully saturated rings. The first-order chi connectivity index (χ1) is 15.9. The van der Waals surface area contributed by atoms with E-state index in [0.29, 0.717) is 23.8 Å². The molecule has 2 amide bonds. The topological polar surface area (TPSA) is 85.9 Å². The number of hydrogen-bond donors (Lipinski definition) is 2. The van der Waals surface area contributed by atoms with Crippen LogP contribution < -0.4 is 24.8 Å². The molecule has 0 radical (unpaired) electrons. The number of hydrogen-bond acceptors (Lipinski definition) is 5. The molecule has 178 valence electrons. The fourth-order valence-electron chi connectivity index (χ4n) is 4.40. The molecule has 0 bridgehead atoms. The maximum Gasteiger partial charge on any atom is 0.251 e. The quantitative estimate of drug-likeness (QED) is 0.600. The first-order valence-electron chi connectivity index (χ1n) is 11.0. The highest BCUT2D eigenvalue weighted by atomic mass is 19.1. The molecule has 0 atom stereocenters. The first kappa shape index (κ1) is 24.4. The van der Waals surface area contributed by atoms with Crippen LogP contribution in [0.3, 0.4) is 0 Å². The Morgan fingerprint density at radius 3 is 2.06 bits per heavy atom. The lowest BCUT2D eigenvalue weighted by Gasteiger charge is -2.38. The molecule has 8 heteroatoms. The summed E-state index contributed by atoms with van der Waals surface area (Å²) < 4.78 is 29.2. The van der Waals surface area contributed by atoms with Crippen molar-refractivity contribution in [1.29, 1.82) is 0 Å². The van der Waals surface area contributed by atoms with Crippen molar-refractivity contribution in [2.75, 3.05) is 34.4 Å². The number of rotatable bonds is 9. The van der Waals surface area contributed by atoms with Crippen LogP contribution in [0, 0.1) is 5.82 Å². The second-order valence-electron chi connectivity index (χ2n) is 8.22. The van der Waals surface area contributed by atoms with Gasteiger partial charge in [0, 0.05) is 17.5 Å². The molecule has 3 rings (SSSR count). The van der Waals surface area contributed by atoms with E-state index in [1.54, 1.807) is 12.1 Å². The highest BCUT2D eigenvalue weighted by molar-refractivity contribution is 5.97. The highest BCUT2D eigenvalue weighted by Gasteiger charge is 2.34. The van der Waals surface area contributed by atoms with Gasteiger partial charge in [-0.15, -0.1) is 0 Å². The lowest BCUT2D eigenvalue weighted by atomic mass is 9.69. The van der Waals surface area contributed by atoms with Crippen molar-refractivity contribution in [2.24, 2.45) is 0 Å². The Labute approximate surface area is 193 Å².